The van der Waals surface area contributed by atoms with Crippen molar-refractivity contribution in [1.29, 1.82) is 0 Å². The Balaban J connectivity index is 1.28. The first-order valence-electron chi connectivity index (χ1n) is 10.4. The number of hydrogen-bond donors (Lipinski definition) is 1. The standard InChI is InChI=1S/C25H21N3O3S/c1-16(29)28-13-12-17-14-18(10-11-21(17)28)26-24(30)15-31-22-8-4-2-6-19(22)25-27-20-7-3-5-9-23(20)32-25/h2-11,14H,12-13,15H2,1H3,(H,26,30). The van der Waals surface area contributed by atoms with Crippen LogP contribution in [-0.4, -0.2) is 29.9 Å². The first-order chi connectivity index (χ1) is 15.6. The van der Waals surface area contributed by atoms with Crippen LogP contribution in [0.15, 0.2) is 66.7 Å². The van der Waals surface area contributed by atoms with E-state index in [9.17, 15) is 9.59 Å². The molecule has 3 aromatic carbocycles. The lowest BCUT2D eigenvalue weighted by atomic mass is 10.1. The van der Waals surface area contributed by atoms with Gasteiger partial charge in [0.25, 0.3) is 5.91 Å². The molecule has 0 aliphatic carbocycles. The van der Waals surface area contributed by atoms with Gasteiger partial charge in [0.1, 0.15) is 10.8 Å². The van der Waals surface area contributed by atoms with Crippen LogP contribution in [0.25, 0.3) is 20.8 Å². The second kappa shape index (κ2) is 8.43. The molecular weight excluding hydrogens is 422 g/mol. The van der Waals surface area contributed by atoms with E-state index >= 15 is 0 Å². The van der Waals surface area contributed by atoms with E-state index in [4.69, 9.17) is 9.72 Å². The van der Waals surface area contributed by atoms with E-state index < -0.39 is 0 Å². The number of carbonyl (C=O) groups excluding carboxylic acids is 2. The van der Waals surface area contributed by atoms with E-state index in [2.05, 4.69) is 5.32 Å². The van der Waals surface area contributed by atoms with E-state index in [1.807, 2.05) is 66.7 Å². The Kier molecular flexibility index (Phi) is 5.33. The maximum atomic E-state index is 12.5. The molecule has 1 N–H and O–H groups in total. The van der Waals surface area contributed by atoms with Crippen molar-refractivity contribution in [2.75, 3.05) is 23.4 Å². The molecule has 32 heavy (non-hydrogen) atoms. The summed E-state index contributed by atoms with van der Waals surface area (Å²) in [6.45, 7) is 2.13. The third kappa shape index (κ3) is 3.94. The van der Waals surface area contributed by atoms with Crippen molar-refractivity contribution in [3.05, 3.63) is 72.3 Å². The molecule has 0 fully saturated rings. The average molecular weight is 444 g/mol. The fourth-order valence-corrected chi connectivity index (χ4v) is 4.90. The van der Waals surface area contributed by atoms with Gasteiger partial charge in [-0.2, -0.15) is 0 Å². The molecule has 0 saturated carbocycles. The predicted octanol–water partition coefficient (Wildman–Crippen LogP) is 4.89. The van der Waals surface area contributed by atoms with Gasteiger partial charge in [0.05, 0.1) is 15.8 Å². The third-order valence-corrected chi connectivity index (χ3v) is 6.48. The third-order valence-electron chi connectivity index (χ3n) is 5.41. The van der Waals surface area contributed by atoms with E-state index in [-0.39, 0.29) is 18.4 Å². The Morgan fingerprint density at radius 2 is 1.91 bits per heavy atom. The summed E-state index contributed by atoms with van der Waals surface area (Å²) in [5.41, 5.74) is 4.47. The molecule has 1 aromatic heterocycles. The number of fused-ring (bicyclic) bond motifs is 2. The Labute approximate surface area is 189 Å². The fourth-order valence-electron chi connectivity index (χ4n) is 3.90. The molecule has 2 heterocycles. The second-order valence-electron chi connectivity index (χ2n) is 7.58. The molecule has 0 saturated heterocycles. The van der Waals surface area contributed by atoms with Gasteiger partial charge in [-0.05, 0) is 54.4 Å². The molecule has 4 aromatic rings. The van der Waals surface area contributed by atoms with Crippen molar-refractivity contribution in [2.45, 2.75) is 13.3 Å². The van der Waals surface area contributed by atoms with Crippen LogP contribution in [0.3, 0.4) is 0 Å². The van der Waals surface area contributed by atoms with Gasteiger partial charge < -0.3 is 15.0 Å². The molecule has 1 aliphatic rings. The van der Waals surface area contributed by atoms with Crippen LogP contribution in [0, 0.1) is 0 Å². The van der Waals surface area contributed by atoms with Gasteiger partial charge in [0.15, 0.2) is 6.61 Å². The van der Waals surface area contributed by atoms with Crippen molar-refractivity contribution in [3.8, 4) is 16.3 Å². The first-order valence-corrected chi connectivity index (χ1v) is 11.2. The van der Waals surface area contributed by atoms with Gasteiger partial charge in [-0.1, -0.05) is 24.3 Å². The number of thiazole rings is 1. The molecule has 0 radical (unpaired) electrons. The quantitative estimate of drug-likeness (QED) is 0.477. The van der Waals surface area contributed by atoms with Gasteiger partial charge in [0.2, 0.25) is 5.91 Å². The van der Waals surface area contributed by atoms with Gasteiger partial charge >= 0.3 is 0 Å². The molecule has 6 nitrogen and oxygen atoms in total. The predicted molar refractivity (Wildman–Crippen MR) is 127 cm³/mol. The Morgan fingerprint density at radius 1 is 1.09 bits per heavy atom. The summed E-state index contributed by atoms with van der Waals surface area (Å²) in [5.74, 6) is 0.402. The summed E-state index contributed by atoms with van der Waals surface area (Å²) in [6.07, 6.45) is 0.782. The molecule has 0 bridgehead atoms. The summed E-state index contributed by atoms with van der Waals surface area (Å²) < 4.78 is 6.97. The monoisotopic (exact) mass is 443 g/mol. The highest BCUT2D eigenvalue weighted by atomic mass is 32.1. The van der Waals surface area contributed by atoms with Crippen LogP contribution in [0.1, 0.15) is 12.5 Å². The van der Waals surface area contributed by atoms with E-state index in [0.29, 0.717) is 18.0 Å². The number of nitrogens with one attached hydrogen (secondary N) is 1. The molecular formula is C25H21N3O3S. The molecule has 0 unspecified atom stereocenters. The van der Waals surface area contributed by atoms with E-state index in [1.54, 1.807) is 23.2 Å². The Morgan fingerprint density at radius 3 is 2.75 bits per heavy atom. The SMILES string of the molecule is CC(=O)N1CCc2cc(NC(=O)COc3ccccc3-c3nc4ccccc4s3)ccc21. The van der Waals surface area contributed by atoms with Crippen molar-refractivity contribution in [2.24, 2.45) is 0 Å². The highest BCUT2D eigenvalue weighted by Crippen LogP contribution is 2.35. The van der Waals surface area contributed by atoms with Crippen LogP contribution >= 0.6 is 11.3 Å². The molecule has 5 rings (SSSR count). The molecule has 7 heteroatoms. The Bertz CT molecular complexity index is 1300. The lowest BCUT2D eigenvalue weighted by molar-refractivity contribution is -0.118. The minimum atomic E-state index is -0.245. The molecule has 160 valence electrons. The summed E-state index contributed by atoms with van der Waals surface area (Å²) in [5, 5.41) is 3.74. The van der Waals surface area contributed by atoms with Crippen molar-refractivity contribution < 1.29 is 14.3 Å². The smallest absolute Gasteiger partial charge is 0.262 e. The fraction of sp³-hybridized carbons (Fsp3) is 0.160. The molecule has 2 amide bonds. The number of aromatic nitrogens is 1. The maximum absolute atomic E-state index is 12.5. The maximum Gasteiger partial charge on any atom is 0.262 e. The number of rotatable bonds is 5. The average Bonchev–Trinajstić information content (AvgIpc) is 3.42. The largest absolute Gasteiger partial charge is 0.483 e. The van der Waals surface area contributed by atoms with Crippen LogP contribution in [-0.2, 0) is 16.0 Å². The summed E-state index contributed by atoms with van der Waals surface area (Å²) in [6, 6.07) is 21.2. The van der Waals surface area contributed by atoms with Crippen molar-refractivity contribution in [1.82, 2.24) is 4.98 Å². The zero-order chi connectivity index (χ0) is 22.1. The minimum absolute atomic E-state index is 0.0285. The summed E-state index contributed by atoms with van der Waals surface area (Å²) in [4.78, 5) is 30.7. The molecule has 0 atom stereocenters. The van der Waals surface area contributed by atoms with Crippen LogP contribution in [0.5, 0.6) is 5.75 Å². The van der Waals surface area contributed by atoms with Gasteiger partial charge in [-0.15, -0.1) is 11.3 Å². The number of ether oxygens (including phenoxy) is 1. The zero-order valence-corrected chi connectivity index (χ0v) is 18.3. The first kappa shape index (κ1) is 20.2. The second-order valence-corrected chi connectivity index (χ2v) is 8.61. The van der Waals surface area contributed by atoms with E-state index in [1.165, 1.54) is 0 Å². The normalized spacial score (nSPS) is 12.6. The van der Waals surface area contributed by atoms with Gasteiger partial charge in [-0.25, -0.2) is 4.98 Å². The highest BCUT2D eigenvalue weighted by molar-refractivity contribution is 7.21. The number of carbonyl (C=O) groups is 2. The van der Waals surface area contributed by atoms with Crippen LogP contribution in [0.2, 0.25) is 0 Å². The van der Waals surface area contributed by atoms with Crippen LogP contribution < -0.4 is 15.0 Å². The summed E-state index contributed by atoms with van der Waals surface area (Å²) in [7, 11) is 0. The zero-order valence-electron chi connectivity index (χ0n) is 17.5. The number of benzene rings is 3. The van der Waals surface area contributed by atoms with Gasteiger partial charge in [-0.3, -0.25) is 9.59 Å². The van der Waals surface area contributed by atoms with Gasteiger partial charge in [0, 0.05) is 24.8 Å². The number of hydrogen-bond acceptors (Lipinski definition) is 5. The van der Waals surface area contributed by atoms with E-state index in [0.717, 1.165) is 38.5 Å². The number of para-hydroxylation sites is 2. The van der Waals surface area contributed by atoms with Crippen molar-refractivity contribution >= 4 is 44.7 Å². The minimum Gasteiger partial charge on any atom is -0.483 e. The lowest BCUT2D eigenvalue weighted by Gasteiger charge is -2.15. The number of amides is 2. The highest BCUT2D eigenvalue weighted by Gasteiger charge is 2.22. The molecule has 1 aliphatic heterocycles. The molecule has 0 spiro atoms. The Hall–Kier alpha value is -3.71. The number of nitrogens with zero attached hydrogens (tertiary/aromatic N) is 2. The number of anilines is 2. The lowest BCUT2D eigenvalue weighted by Crippen LogP contribution is -2.25. The summed E-state index contributed by atoms with van der Waals surface area (Å²) >= 11 is 1.60. The van der Waals surface area contributed by atoms with Crippen molar-refractivity contribution in [3.63, 3.8) is 0 Å². The van der Waals surface area contributed by atoms with Crippen LogP contribution in [0.4, 0.5) is 11.4 Å². The topological polar surface area (TPSA) is 71.5 Å².